The van der Waals surface area contributed by atoms with Gasteiger partial charge in [-0.2, -0.15) is 5.26 Å². The first-order valence-corrected chi connectivity index (χ1v) is 7.15. The maximum absolute atomic E-state index is 8.74. The lowest BCUT2D eigenvalue weighted by molar-refractivity contribution is 0.458. The molecule has 1 N–H and O–H groups in total. The first-order valence-electron chi connectivity index (χ1n) is 6.34. The molecule has 0 bridgehead atoms. The Labute approximate surface area is 109 Å². The van der Waals surface area contributed by atoms with Crippen LogP contribution < -0.4 is 5.32 Å². The zero-order valence-electron chi connectivity index (χ0n) is 11.0. The van der Waals surface area contributed by atoms with Gasteiger partial charge in [0.15, 0.2) is 0 Å². The lowest BCUT2D eigenvalue weighted by Crippen LogP contribution is -2.24. The van der Waals surface area contributed by atoms with Crippen LogP contribution in [-0.2, 0) is 6.54 Å². The van der Waals surface area contributed by atoms with E-state index in [4.69, 9.17) is 5.26 Å². The van der Waals surface area contributed by atoms with Gasteiger partial charge in [0.05, 0.1) is 0 Å². The molecular formula is C14H22N2S. The van der Waals surface area contributed by atoms with Gasteiger partial charge < -0.3 is 5.32 Å². The molecule has 94 valence electrons. The van der Waals surface area contributed by atoms with E-state index in [2.05, 4.69) is 32.2 Å². The SMILES string of the molecule is CC(C)CCCC(C)NCc1ccc(C#N)s1. The summed E-state index contributed by atoms with van der Waals surface area (Å²) in [7, 11) is 0. The Kier molecular flexibility index (Phi) is 6.25. The summed E-state index contributed by atoms with van der Waals surface area (Å²) in [5.74, 6) is 0.803. The van der Waals surface area contributed by atoms with Crippen molar-refractivity contribution >= 4 is 11.3 Å². The largest absolute Gasteiger partial charge is 0.309 e. The van der Waals surface area contributed by atoms with E-state index in [-0.39, 0.29) is 0 Å². The van der Waals surface area contributed by atoms with Gasteiger partial charge in [-0.3, -0.25) is 0 Å². The van der Waals surface area contributed by atoms with E-state index < -0.39 is 0 Å². The molecule has 1 unspecified atom stereocenters. The topological polar surface area (TPSA) is 35.8 Å². The van der Waals surface area contributed by atoms with E-state index in [1.807, 2.05) is 12.1 Å². The molecule has 0 saturated heterocycles. The van der Waals surface area contributed by atoms with Crippen molar-refractivity contribution in [2.24, 2.45) is 5.92 Å². The van der Waals surface area contributed by atoms with Crippen LogP contribution in [0.25, 0.3) is 0 Å². The lowest BCUT2D eigenvalue weighted by Gasteiger charge is -2.13. The summed E-state index contributed by atoms with van der Waals surface area (Å²) in [6, 6.07) is 6.66. The number of hydrogen-bond donors (Lipinski definition) is 1. The van der Waals surface area contributed by atoms with Crippen LogP contribution >= 0.6 is 11.3 Å². The molecule has 0 spiro atoms. The molecule has 0 aliphatic heterocycles. The third-order valence-corrected chi connectivity index (χ3v) is 3.81. The van der Waals surface area contributed by atoms with E-state index in [0.29, 0.717) is 6.04 Å². The maximum atomic E-state index is 8.74. The maximum Gasteiger partial charge on any atom is 0.110 e. The molecule has 0 fully saturated rings. The Morgan fingerprint density at radius 2 is 2.06 bits per heavy atom. The molecule has 2 nitrogen and oxygen atoms in total. The Morgan fingerprint density at radius 3 is 2.65 bits per heavy atom. The van der Waals surface area contributed by atoms with Crippen molar-refractivity contribution in [2.75, 3.05) is 0 Å². The van der Waals surface area contributed by atoms with Crippen LogP contribution in [0, 0.1) is 17.2 Å². The Balaban J connectivity index is 2.19. The van der Waals surface area contributed by atoms with Crippen molar-refractivity contribution < 1.29 is 0 Å². The van der Waals surface area contributed by atoms with Crippen molar-refractivity contribution in [1.82, 2.24) is 5.32 Å². The Hall–Kier alpha value is -0.850. The lowest BCUT2D eigenvalue weighted by atomic mass is 10.0. The average molecular weight is 250 g/mol. The van der Waals surface area contributed by atoms with Gasteiger partial charge in [0, 0.05) is 17.5 Å². The fourth-order valence-electron chi connectivity index (χ4n) is 1.74. The van der Waals surface area contributed by atoms with Crippen LogP contribution in [0.3, 0.4) is 0 Å². The van der Waals surface area contributed by atoms with Crippen LogP contribution in [0.15, 0.2) is 12.1 Å². The third kappa shape index (κ3) is 5.86. The molecule has 0 amide bonds. The zero-order chi connectivity index (χ0) is 12.7. The predicted molar refractivity (Wildman–Crippen MR) is 74.0 cm³/mol. The molecular weight excluding hydrogens is 228 g/mol. The van der Waals surface area contributed by atoms with Crippen molar-refractivity contribution in [1.29, 1.82) is 5.26 Å². The second kappa shape index (κ2) is 7.47. The van der Waals surface area contributed by atoms with Crippen LogP contribution in [0.1, 0.15) is 49.8 Å². The molecule has 0 aromatic carbocycles. The van der Waals surface area contributed by atoms with Gasteiger partial charge >= 0.3 is 0 Å². The van der Waals surface area contributed by atoms with Crippen LogP contribution in [0.5, 0.6) is 0 Å². The smallest absolute Gasteiger partial charge is 0.110 e. The minimum Gasteiger partial charge on any atom is -0.309 e. The standard InChI is InChI=1S/C14H22N2S/c1-11(2)5-4-6-12(3)16-10-14-8-7-13(9-15)17-14/h7-8,11-12,16H,4-6,10H2,1-3H3. The molecule has 3 heteroatoms. The van der Waals surface area contributed by atoms with Crippen molar-refractivity contribution in [3.05, 3.63) is 21.9 Å². The molecule has 1 aromatic rings. The highest BCUT2D eigenvalue weighted by molar-refractivity contribution is 7.12. The first kappa shape index (κ1) is 14.2. The third-order valence-electron chi connectivity index (χ3n) is 2.82. The summed E-state index contributed by atoms with van der Waals surface area (Å²) in [5.41, 5.74) is 0. The van der Waals surface area contributed by atoms with Gasteiger partial charge in [-0.25, -0.2) is 0 Å². The minimum absolute atomic E-state index is 0.557. The zero-order valence-corrected chi connectivity index (χ0v) is 11.8. The second-order valence-electron chi connectivity index (χ2n) is 4.98. The van der Waals surface area contributed by atoms with Crippen LogP contribution in [0.4, 0.5) is 0 Å². The highest BCUT2D eigenvalue weighted by Gasteiger charge is 2.04. The van der Waals surface area contributed by atoms with Gasteiger partial charge in [-0.15, -0.1) is 11.3 Å². The number of nitrogens with zero attached hydrogens (tertiary/aromatic N) is 1. The van der Waals surface area contributed by atoms with Gasteiger partial charge in [-0.1, -0.05) is 26.7 Å². The monoisotopic (exact) mass is 250 g/mol. The summed E-state index contributed by atoms with van der Waals surface area (Å²) in [5, 5.41) is 12.2. The van der Waals surface area contributed by atoms with Gasteiger partial charge in [-0.05, 0) is 31.4 Å². The van der Waals surface area contributed by atoms with Crippen LogP contribution in [-0.4, -0.2) is 6.04 Å². The molecule has 17 heavy (non-hydrogen) atoms. The van der Waals surface area contributed by atoms with E-state index in [1.54, 1.807) is 11.3 Å². The van der Waals surface area contributed by atoms with Crippen LogP contribution in [0.2, 0.25) is 0 Å². The summed E-state index contributed by atoms with van der Waals surface area (Å²) >= 11 is 1.58. The molecule has 0 saturated carbocycles. The van der Waals surface area contributed by atoms with E-state index in [0.717, 1.165) is 17.3 Å². The Bertz CT molecular complexity index is 363. The number of nitriles is 1. The molecule has 1 heterocycles. The summed E-state index contributed by atoms with van der Waals surface area (Å²) < 4.78 is 0. The van der Waals surface area contributed by atoms with E-state index in [1.165, 1.54) is 24.1 Å². The van der Waals surface area contributed by atoms with Crippen molar-refractivity contribution in [3.8, 4) is 6.07 Å². The van der Waals surface area contributed by atoms with Gasteiger partial charge in [0.1, 0.15) is 10.9 Å². The minimum atomic E-state index is 0.557. The predicted octanol–water partition coefficient (Wildman–Crippen LogP) is 3.92. The highest BCUT2D eigenvalue weighted by Crippen LogP contribution is 2.15. The number of nitrogens with one attached hydrogen (secondary N) is 1. The van der Waals surface area contributed by atoms with Gasteiger partial charge in [0.25, 0.3) is 0 Å². The molecule has 1 atom stereocenters. The van der Waals surface area contributed by atoms with E-state index in [9.17, 15) is 0 Å². The summed E-state index contributed by atoms with van der Waals surface area (Å²) in [6.45, 7) is 7.66. The number of thiophene rings is 1. The average Bonchev–Trinajstić information content (AvgIpc) is 2.73. The molecule has 1 aromatic heterocycles. The fraction of sp³-hybridized carbons (Fsp3) is 0.643. The highest BCUT2D eigenvalue weighted by atomic mass is 32.1. The molecule has 0 aliphatic carbocycles. The fourth-order valence-corrected chi connectivity index (χ4v) is 2.50. The van der Waals surface area contributed by atoms with Crippen molar-refractivity contribution in [2.45, 2.75) is 52.6 Å². The number of hydrogen-bond acceptors (Lipinski definition) is 3. The quantitative estimate of drug-likeness (QED) is 0.796. The molecule has 1 rings (SSSR count). The Morgan fingerprint density at radius 1 is 1.29 bits per heavy atom. The molecule has 0 aliphatic rings. The van der Waals surface area contributed by atoms with Gasteiger partial charge in [0.2, 0.25) is 0 Å². The summed E-state index contributed by atoms with van der Waals surface area (Å²) in [4.78, 5) is 2.05. The first-order chi connectivity index (χ1) is 8.11. The normalized spacial score (nSPS) is 12.6. The molecule has 0 radical (unpaired) electrons. The number of rotatable bonds is 7. The summed E-state index contributed by atoms with van der Waals surface area (Å²) in [6.07, 6.45) is 3.83. The van der Waals surface area contributed by atoms with Crippen molar-refractivity contribution in [3.63, 3.8) is 0 Å². The second-order valence-corrected chi connectivity index (χ2v) is 6.15. The van der Waals surface area contributed by atoms with E-state index >= 15 is 0 Å².